The molecule has 0 aliphatic heterocycles. The van der Waals surface area contributed by atoms with Crippen molar-refractivity contribution in [3.63, 3.8) is 0 Å². The number of hydrogen-bond acceptors (Lipinski definition) is 2. The molecule has 0 spiro atoms. The van der Waals surface area contributed by atoms with Gasteiger partial charge in [-0.1, -0.05) is 12.1 Å². The Morgan fingerprint density at radius 2 is 2.00 bits per heavy atom. The third-order valence-corrected chi connectivity index (χ3v) is 2.36. The van der Waals surface area contributed by atoms with Gasteiger partial charge in [-0.05, 0) is 36.4 Å². The molecule has 3 nitrogen and oxygen atoms in total. The molecule has 1 N–H and O–H groups in total. The lowest BCUT2D eigenvalue weighted by Crippen LogP contribution is -1.72. The van der Waals surface area contributed by atoms with Gasteiger partial charge in [0.25, 0.3) is 0 Å². The maximum absolute atomic E-state index is 5.20. The van der Waals surface area contributed by atoms with Gasteiger partial charge in [0.15, 0.2) is 0 Å². The Kier molecular flexibility index (Phi) is 2.07. The molecule has 1 aromatic carbocycles. The van der Waals surface area contributed by atoms with Crippen LogP contribution in [0.15, 0.2) is 47.1 Å². The number of rotatable bonds is 2. The Labute approximate surface area is 92.4 Å². The summed E-state index contributed by atoms with van der Waals surface area (Å²) in [6.45, 7) is 0. The average Bonchev–Trinajstić information content (AvgIpc) is 2.95. The van der Waals surface area contributed by atoms with E-state index >= 15 is 0 Å². The summed E-state index contributed by atoms with van der Waals surface area (Å²) in [5.41, 5.74) is 2.02. The number of H-pyrrole nitrogens is 1. The first-order chi connectivity index (χ1) is 7.92. The Morgan fingerprint density at radius 3 is 2.81 bits per heavy atom. The summed E-state index contributed by atoms with van der Waals surface area (Å²) in [6.07, 6.45) is 5.44. The summed E-state index contributed by atoms with van der Waals surface area (Å²) in [7, 11) is 0. The second-order valence-electron chi connectivity index (χ2n) is 3.49. The minimum Gasteiger partial charge on any atom is -0.465 e. The molecule has 16 heavy (non-hydrogen) atoms. The summed E-state index contributed by atoms with van der Waals surface area (Å²) in [4.78, 5) is 7.65. The summed E-state index contributed by atoms with van der Waals surface area (Å²) in [6, 6.07) is 11.7. The van der Waals surface area contributed by atoms with Gasteiger partial charge in [-0.25, -0.2) is 4.98 Å². The highest BCUT2D eigenvalue weighted by Crippen LogP contribution is 2.12. The van der Waals surface area contributed by atoms with E-state index in [9.17, 15) is 0 Å². The zero-order valence-electron chi connectivity index (χ0n) is 8.55. The molecule has 0 aliphatic carbocycles. The molecule has 3 heteroatoms. The van der Waals surface area contributed by atoms with Gasteiger partial charge in [-0.3, -0.25) is 0 Å². The van der Waals surface area contributed by atoms with Crippen molar-refractivity contribution >= 4 is 23.2 Å². The summed E-state index contributed by atoms with van der Waals surface area (Å²) in [5, 5.41) is 0. The minimum absolute atomic E-state index is 0.820. The summed E-state index contributed by atoms with van der Waals surface area (Å²) >= 11 is 0. The molecule has 0 aliphatic rings. The molecule has 3 rings (SSSR count). The SMILES string of the molecule is C(=C\c1ccco1)/c1nc2ccccc2[nH]1. The Balaban J connectivity index is 1.95. The number of imidazole rings is 1. The zero-order valence-corrected chi connectivity index (χ0v) is 8.55. The van der Waals surface area contributed by atoms with Crippen molar-refractivity contribution in [2.24, 2.45) is 0 Å². The van der Waals surface area contributed by atoms with Crippen molar-refractivity contribution in [3.05, 3.63) is 54.2 Å². The van der Waals surface area contributed by atoms with Crippen LogP contribution >= 0.6 is 0 Å². The average molecular weight is 210 g/mol. The van der Waals surface area contributed by atoms with E-state index in [0.717, 1.165) is 22.6 Å². The lowest BCUT2D eigenvalue weighted by Gasteiger charge is -1.83. The molecule has 0 atom stereocenters. The normalized spacial score (nSPS) is 11.5. The molecule has 3 aromatic rings. The highest BCUT2D eigenvalue weighted by molar-refractivity contribution is 5.78. The molecular formula is C13H10N2O. The van der Waals surface area contributed by atoms with E-state index in [1.54, 1.807) is 6.26 Å². The van der Waals surface area contributed by atoms with Gasteiger partial charge in [0.2, 0.25) is 0 Å². The first-order valence-corrected chi connectivity index (χ1v) is 5.08. The smallest absolute Gasteiger partial charge is 0.131 e. The zero-order chi connectivity index (χ0) is 10.8. The molecule has 78 valence electrons. The number of benzene rings is 1. The van der Waals surface area contributed by atoms with Crippen LogP contribution in [0.25, 0.3) is 23.2 Å². The molecule has 2 heterocycles. The summed E-state index contributed by atoms with van der Waals surface area (Å²) < 4.78 is 5.20. The van der Waals surface area contributed by atoms with Gasteiger partial charge < -0.3 is 9.40 Å². The monoisotopic (exact) mass is 210 g/mol. The van der Waals surface area contributed by atoms with E-state index in [-0.39, 0.29) is 0 Å². The van der Waals surface area contributed by atoms with E-state index in [2.05, 4.69) is 9.97 Å². The van der Waals surface area contributed by atoms with Crippen molar-refractivity contribution in [2.75, 3.05) is 0 Å². The fraction of sp³-hybridized carbons (Fsp3) is 0. The van der Waals surface area contributed by atoms with E-state index in [1.165, 1.54) is 0 Å². The van der Waals surface area contributed by atoms with Gasteiger partial charge in [0, 0.05) is 0 Å². The van der Waals surface area contributed by atoms with Crippen molar-refractivity contribution in [1.82, 2.24) is 9.97 Å². The van der Waals surface area contributed by atoms with Crippen LogP contribution in [0.5, 0.6) is 0 Å². The van der Waals surface area contributed by atoms with E-state index in [4.69, 9.17) is 4.42 Å². The molecule has 0 radical (unpaired) electrons. The maximum Gasteiger partial charge on any atom is 0.131 e. The number of nitrogens with zero attached hydrogens (tertiary/aromatic N) is 1. The summed E-state index contributed by atoms with van der Waals surface area (Å²) in [5.74, 6) is 1.65. The van der Waals surface area contributed by atoms with Crippen LogP contribution in [0.1, 0.15) is 11.6 Å². The Morgan fingerprint density at radius 1 is 1.06 bits per heavy atom. The minimum atomic E-state index is 0.820. The van der Waals surface area contributed by atoms with Gasteiger partial charge in [-0.15, -0.1) is 0 Å². The van der Waals surface area contributed by atoms with E-state index < -0.39 is 0 Å². The molecular weight excluding hydrogens is 200 g/mol. The van der Waals surface area contributed by atoms with Crippen LogP contribution in [0.3, 0.4) is 0 Å². The number of fused-ring (bicyclic) bond motifs is 1. The van der Waals surface area contributed by atoms with Crippen LogP contribution in [0, 0.1) is 0 Å². The van der Waals surface area contributed by atoms with Gasteiger partial charge in [0.05, 0.1) is 17.3 Å². The quantitative estimate of drug-likeness (QED) is 0.704. The third-order valence-electron chi connectivity index (χ3n) is 2.36. The predicted octanol–water partition coefficient (Wildman–Crippen LogP) is 3.33. The number of aromatic nitrogens is 2. The fourth-order valence-corrected chi connectivity index (χ4v) is 1.60. The van der Waals surface area contributed by atoms with Gasteiger partial charge >= 0.3 is 0 Å². The lowest BCUT2D eigenvalue weighted by molar-refractivity contribution is 0.557. The van der Waals surface area contributed by atoms with Crippen LogP contribution < -0.4 is 0 Å². The van der Waals surface area contributed by atoms with Crippen molar-refractivity contribution in [1.29, 1.82) is 0 Å². The largest absolute Gasteiger partial charge is 0.465 e. The molecule has 0 amide bonds. The van der Waals surface area contributed by atoms with Crippen LogP contribution in [0.4, 0.5) is 0 Å². The maximum atomic E-state index is 5.20. The second kappa shape index (κ2) is 3.70. The highest BCUT2D eigenvalue weighted by atomic mass is 16.3. The number of nitrogens with one attached hydrogen (secondary N) is 1. The Bertz CT molecular complexity index is 587. The fourth-order valence-electron chi connectivity index (χ4n) is 1.60. The number of furan rings is 1. The molecule has 0 bridgehead atoms. The highest BCUT2D eigenvalue weighted by Gasteiger charge is 1.97. The number of para-hydroxylation sites is 2. The first kappa shape index (κ1) is 8.97. The standard InChI is InChI=1S/C13H10N2O/c1-2-6-12-11(5-1)14-13(15-12)8-7-10-4-3-9-16-10/h1-9H,(H,14,15)/b8-7+. The second-order valence-corrected chi connectivity index (χ2v) is 3.49. The first-order valence-electron chi connectivity index (χ1n) is 5.08. The van der Waals surface area contributed by atoms with Crippen molar-refractivity contribution in [2.45, 2.75) is 0 Å². The molecule has 0 fully saturated rings. The molecule has 0 unspecified atom stereocenters. The number of aromatic amines is 1. The van der Waals surface area contributed by atoms with Gasteiger partial charge in [-0.2, -0.15) is 0 Å². The van der Waals surface area contributed by atoms with Crippen LogP contribution in [-0.2, 0) is 0 Å². The van der Waals surface area contributed by atoms with Crippen molar-refractivity contribution in [3.8, 4) is 0 Å². The predicted molar refractivity (Wildman–Crippen MR) is 63.7 cm³/mol. The third kappa shape index (κ3) is 1.63. The van der Waals surface area contributed by atoms with E-state index in [1.807, 2.05) is 48.6 Å². The van der Waals surface area contributed by atoms with Crippen LogP contribution in [0.2, 0.25) is 0 Å². The van der Waals surface area contributed by atoms with Crippen LogP contribution in [-0.4, -0.2) is 9.97 Å². The number of hydrogen-bond donors (Lipinski definition) is 1. The molecule has 2 aromatic heterocycles. The van der Waals surface area contributed by atoms with Gasteiger partial charge in [0.1, 0.15) is 11.6 Å². The van der Waals surface area contributed by atoms with E-state index in [0.29, 0.717) is 0 Å². The lowest BCUT2D eigenvalue weighted by atomic mass is 10.3. The molecule has 0 saturated carbocycles. The molecule has 0 saturated heterocycles. The topological polar surface area (TPSA) is 41.8 Å². The van der Waals surface area contributed by atoms with Crippen molar-refractivity contribution < 1.29 is 4.42 Å². The Hall–Kier alpha value is -2.29.